The van der Waals surface area contributed by atoms with Crippen LogP contribution in [-0.2, 0) is 5.54 Å². The van der Waals surface area contributed by atoms with Gasteiger partial charge in [-0.3, -0.25) is 14.5 Å². The van der Waals surface area contributed by atoms with E-state index in [9.17, 15) is 4.79 Å². The summed E-state index contributed by atoms with van der Waals surface area (Å²) in [7, 11) is 0. The van der Waals surface area contributed by atoms with Crippen molar-refractivity contribution in [1.29, 1.82) is 0 Å². The van der Waals surface area contributed by atoms with Crippen LogP contribution in [-0.4, -0.2) is 20.5 Å². The lowest BCUT2D eigenvalue weighted by molar-refractivity contribution is 0.0828. The minimum Gasteiger partial charge on any atom is -0.354 e. The number of carbonyl (C=O) groups excluding carboxylic acids is 1. The van der Waals surface area contributed by atoms with Crippen LogP contribution in [0.3, 0.4) is 0 Å². The van der Waals surface area contributed by atoms with E-state index in [0.717, 1.165) is 16.9 Å². The SMILES string of the molecule is Cc1cnn(C(C)(C)C(=O)c2ccc(Nc3ccccc3)cn2)c1. The molecule has 1 N–H and O–H groups in total. The molecule has 0 fully saturated rings. The molecule has 2 heterocycles. The summed E-state index contributed by atoms with van der Waals surface area (Å²) in [5.74, 6) is -0.0724. The molecule has 5 nitrogen and oxygen atoms in total. The van der Waals surface area contributed by atoms with Gasteiger partial charge in [-0.25, -0.2) is 0 Å². The van der Waals surface area contributed by atoms with Crippen LogP contribution in [0.25, 0.3) is 0 Å². The number of Topliss-reactive ketones (excluding diaryl/α,β-unsaturated/α-hetero) is 1. The van der Waals surface area contributed by atoms with E-state index >= 15 is 0 Å². The van der Waals surface area contributed by atoms with Gasteiger partial charge in [0.05, 0.1) is 18.1 Å². The Kier molecular flexibility index (Phi) is 4.16. The molecule has 0 saturated heterocycles. The molecule has 0 spiro atoms. The Bertz CT molecular complexity index is 835. The van der Waals surface area contributed by atoms with E-state index in [1.165, 1.54) is 0 Å². The molecule has 0 unspecified atom stereocenters. The summed E-state index contributed by atoms with van der Waals surface area (Å²) in [6.07, 6.45) is 5.28. The van der Waals surface area contributed by atoms with Gasteiger partial charge in [-0.1, -0.05) is 18.2 Å². The van der Waals surface area contributed by atoms with Crippen molar-refractivity contribution in [2.45, 2.75) is 26.3 Å². The van der Waals surface area contributed by atoms with Gasteiger partial charge in [-0.15, -0.1) is 0 Å². The second kappa shape index (κ2) is 6.28. The van der Waals surface area contributed by atoms with Gasteiger partial charge in [0.2, 0.25) is 5.78 Å². The number of aryl methyl sites for hydroxylation is 1. The van der Waals surface area contributed by atoms with Crippen molar-refractivity contribution in [1.82, 2.24) is 14.8 Å². The number of para-hydroxylation sites is 1. The normalized spacial score (nSPS) is 11.3. The first-order valence-electron chi connectivity index (χ1n) is 7.81. The fraction of sp³-hybridized carbons (Fsp3) is 0.211. The maximum atomic E-state index is 12.8. The number of rotatable bonds is 5. The average Bonchev–Trinajstić information content (AvgIpc) is 3.03. The molecule has 0 atom stereocenters. The molecule has 1 aromatic carbocycles. The molecule has 0 saturated carbocycles. The molecule has 0 aliphatic rings. The Morgan fingerprint density at radius 3 is 2.38 bits per heavy atom. The maximum Gasteiger partial charge on any atom is 0.208 e. The minimum atomic E-state index is -0.782. The van der Waals surface area contributed by atoms with Crippen LogP contribution in [0.15, 0.2) is 61.1 Å². The monoisotopic (exact) mass is 320 g/mol. The molecule has 3 rings (SSSR count). The van der Waals surface area contributed by atoms with Gasteiger partial charge in [0.1, 0.15) is 11.2 Å². The van der Waals surface area contributed by atoms with Gasteiger partial charge >= 0.3 is 0 Å². The lowest BCUT2D eigenvalue weighted by Gasteiger charge is -2.23. The highest BCUT2D eigenvalue weighted by Gasteiger charge is 2.32. The molecule has 0 radical (unpaired) electrons. The fourth-order valence-corrected chi connectivity index (χ4v) is 2.43. The van der Waals surface area contributed by atoms with Crippen molar-refractivity contribution >= 4 is 17.2 Å². The molecular formula is C19H20N4O. The second-order valence-electron chi connectivity index (χ2n) is 6.27. The molecular weight excluding hydrogens is 300 g/mol. The zero-order valence-corrected chi connectivity index (χ0v) is 14.0. The van der Waals surface area contributed by atoms with Crippen molar-refractivity contribution < 1.29 is 4.79 Å². The Morgan fingerprint density at radius 2 is 1.79 bits per heavy atom. The first-order valence-corrected chi connectivity index (χ1v) is 7.81. The third-order valence-corrected chi connectivity index (χ3v) is 3.90. The van der Waals surface area contributed by atoms with Crippen LogP contribution in [0.2, 0.25) is 0 Å². The minimum absolute atomic E-state index is 0.0724. The zero-order valence-electron chi connectivity index (χ0n) is 14.0. The third kappa shape index (κ3) is 3.20. The predicted molar refractivity (Wildman–Crippen MR) is 94.6 cm³/mol. The van der Waals surface area contributed by atoms with Crippen molar-refractivity contribution in [3.63, 3.8) is 0 Å². The van der Waals surface area contributed by atoms with Crippen LogP contribution >= 0.6 is 0 Å². The van der Waals surface area contributed by atoms with E-state index in [0.29, 0.717) is 5.69 Å². The van der Waals surface area contributed by atoms with Crippen molar-refractivity contribution in [2.24, 2.45) is 0 Å². The predicted octanol–water partition coefficient (Wildman–Crippen LogP) is 3.95. The Morgan fingerprint density at radius 1 is 1.04 bits per heavy atom. The van der Waals surface area contributed by atoms with E-state index in [1.807, 2.05) is 63.4 Å². The molecule has 2 aromatic heterocycles. The molecule has 5 heteroatoms. The van der Waals surface area contributed by atoms with E-state index in [4.69, 9.17) is 0 Å². The second-order valence-corrected chi connectivity index (χ2v) is 6.27. The van der Waals surface area contributed by atoms with Crippen molar-refractivity contribution in [3.05, 3.63) is 72.3 Å². The van der Waals surface area contributed by atoms with Gasteiger partial charge in [-0.05, 0) is 50.6 Å². The number of hydrogen-bond donors (Lipinski definition) is 1. The van der Waals surface area contributed by atoms with E-state index in [1.54, 1.807) is 23.1 Å². The number of pyridine rings is 1. The Hall–Kier alpha value is -2.95. The standard InChI is InChI=1S/C19H20N4O/c1-14-11-21-23(13-14)19(2,3)18(24)17-10-9-16(12-20-17)22-15-7-5-4-6-8-15/h4-13,22H,1-3H3. The van der Waals surface area contributed by atoms with Gasteiger partial charge < -0.3 is 5.32 Å². The summed E-state index contributed by atoms with van der Waals surface area (Å²) in [5.41, 5.74) is 2.48. The summed E-state index contributed by atoms with van der Waals surface area (Å²) in [5, 5.41) is 7.52. The van der Waals surface area contributed by atoms with Crippen molar-refractivity contribution in [3.8, 4) is 0 Å². The number of aromatic nitrogens is 3. The number of anilines is 2. The van der Waals surface area contributed by atoms with E-state index in [2.05, 4.69) is 15.4 Å². The van der Waals surface area contributed by atoms with Crippen LogP contribution < -0.4 is 5.32 Å². The van der Waals surface area contributed by atoms with Crippen LogP contribution in [0.4, 0.5) is 11.4 Å². The van der Waals surface area contributed by atoms with Gasteiger partial charge in [0.15, 0.2) is 0 Å². The molecule has 0 aliphatic heterocycles. The first-order chi connectivity index (χ1) is 11.5. The molecule has 122 valence electrons. The Balaban J connectivity index is 1.78. The quantitative estimate of drug-likeness (QED) is 0.723. The molecule has 3 aromatic rings. The highest BCUT2D eigenvalue weighted by molar-refractivity contribution is 5.99. The Labute approximate surface area is 141 Å². The van der Waals surface area contributed by atoms with Gasteiger partial charge in [-0.2, -0.15) is 5.10 Å². The zero-order chi connectivity index (χ0) is 17.2. The number of benzene rings is 1. The number of ketones is 1. The molecule has 0 amide bonds. The van der Waals surface area contributed by atoms with Crippen LogP contribution in [0.5, 0.6) is 0 Å². The summed E-state index contributed by atoms with van der Waals surface area (Å²) in [4.78, 5) is 17.1. The number of nitrogens with zero attached hydrogens (tertiary/aromatic N) is 3. The van der Waals surface area contributed by atoms with Crippen LogP contribution in [0.1, 0.15) is 29.9 Å². The lowest BCUT2D eigenvalue weighted by atomic mass is 9.96. The van der Waals surface area contributed by atoms with E-state index < -0.39 is 5.54 Å². The number of nitrogens with one attached hydrogen (secondary N) is 1. The first kappa shape index (κ1) is 15.9. The summed E-state index contributed by atoms with van der Waals surface area (Å²) < 4.78 is 1.68. The summed E-state index contributed by atoms with van der Waals surface area (Å²) in [6, 6.07) is 13.4. The van der Waals surface area contributed by atoms with E-state index in [-0.39, 0.29) is 5.78 Å². The third-order valence-electron chi connectivity index (χ3n) is 3.90. The maximum absolute atomic E-state index is 12.8. The molecule has 0 aliphatic carbocycles. The fourth-order valence-electron chi connectivity index (χ4n) is 2.43. The highest BCUT2D eigenvalue weighted by atomic mass is 16.1. The van der Waals surface area contributed by atoms with Crippen molar-refractivity contribution in [2.75, 3.05) is 5.32 Å². The summed E-state index contributed by atoms with van der Waals surface area (Å²) in [6.45, 7) is 5.64. The average molecular weight is 320 g/mol. The molecule has 24 heavy (non-hydrogen) atoms. The van der Waals surface area contributed by atoms with Gasteiger partial charge in [0.25, 0.3) is 0 Å². The molecule has 0 bridgehead atoms. The van der Waals surface area contributed by atoms with Crippen LogP contribution in [0, 0.1) is 6.92 Å². The topological polar surface area (TPSA) is 59.8 Å². The summed E-state index contributed by atoms with van der Waals surface area (Å²) >= 11 is 0. The lowest BCUT2D eigenvalue weighted by Crippen LogP contribution is -2.36. The largest absolute Gasteiger partial charge is 0.354 e. The smallest absolute Gasteiger partial charge is 0.208 e. The number of hydrogen-bond acceptors (Lipinski definition) is 4. The highest BCUT2D eigenvalue weighted by Crippen LogP contribution is 2.22. The van der Waals surface area contributed by atoms with Gasteiger partial charge in [0, 0.05) is 11.9 Å². The number of carbonyl (C=O) groups is 1.